The molecule has 0 aliphatic heterocycles. The average molecular weight is 493 g/mol. The predicted octanol–water partition coefficient (Wildman–Crippen LogP) is 3.89. The van der Waals surface area contributed by atoms with Gasteiger partial charge in [-0.25, -0.2) is 17.6 Å². The highest BCUT2D eigenvalue weighted by atomic mass is 32.2. The van der Waals surface area contributed by atoms with Gasteiger partial charge < -0.3 is 15.2 Å². The maximum Gasteiger partial charge on any atom is 0.407 e. The molecule has 7 nitrogen and oxygen atoms in total. The van der Waals surface area contributed by atoms with Gasteiger partial charge in [0.1, 0.15) is 11.4 Å². The van der Waals surface area contributed by atoms with E-state index in [2.05, 4.69) is 11.9 Å². The zero-order chi connectivity index (χ0) is 25.5. The number of sulfonamides is 1. The standard InChI is InChI=1S/C25H33FN2O5S/c1-18(2)16-28(34(31,32)21-13-11-20(26)12-14-21)17-23(29)22(15-19-9-7-6-8-10-19)27-24(30)33-25(3,4)5/h6-14,22-23,29H,1,15-17H2,2-5H3,(H,27,30)/t22-,23+/m0/s1. The Balaban J connectivity index is 2.31. The molecule has 0 aliphatic rings. The van der Waals surface area contributed by atoms with Crippen molar-refractivity contribution < 1.29 is 27.4 Å². The number of nitrogens with zero attached hydrogens (tertiary/aromatic N) is 1. The third-order valence-corrected chi connectivity index (χ3v) is 6.58. The first-order valence-electron chi connectivity index (χ1n) is 10.9. The lowest BCUT2D eigenvalue weighted by molar-refractivity contribution is 0.0404. The van der Waals surface area contributed by atoms with Crippen molar-refractivity contribution in [2.45, 2.75) is 56.8 Å². The monoisotopic (exact) mass is 492 g/mol. The largest absolute Gasteiger partial charge is 0.444 e. The van der Waals surface area contributed by atoms with Gasteiger partial charge in [-0.2, -0.15) is 4.31 Å². The van der Waals surface area contributed by atoms with Crippen LogP contribution in [0, 0.1) is 5.82 Å². The highest BCUT2D eigenvalue weighted by molar-refractivity contribution is 7.89. The van der Waals surface area contributed by atoms with Crippen LogP contribution in [-0.4, -0.2) is 54.8 Å². The molecule has 0 saturated carbocycles. The molecule has 0 spiro atoms. The van der Waals surface area contributed by atoms with Gasteiger partial charge in [0.15, 0.2) is 0 Å². The van der Waals surface area contributed by atoms with Gasteiger partial charge in [-0.3, -0.25) is 0 Å². The summed E-state index contributed by atoms with van der Waals surface area (Å²) in [6.45, 7) is 10.2. The maximum absolute atomic E-state index is 13.3. The summed E-state index contributed by atoms with van der Waals surface area (Å²) in [6.07, 6.45) is -1.75. The molecule has 2 aromatic carbocycles. The minimum atomic E-state index is -4.07. The highest BCUT2D eigenvalue weighted by Gasteiger charge is 2.31. The minimum absolute atomic E-state index is 0.0543. The molecule has 34 heavy (non-hydrogen) atoms. The van der Waals surface area contributed by atoms with E-state index in [-0.39, 0.29) is 24.4 Å². The Hall–Kier alpha value is -2.75. The van der Waals surface area contributed by atoms with Gasteiger partial charge in [0.05, 0.1) is 17.0 Å². The number of nitrogens with one attached hydrogen (secondary N) is 1. The fraction of sp³-hybridized carbons (Fsp3) is 0.400. The molecular formula is C25H33FN2O5S. The van der Waals surface area contributed by atoms with Crippen molar-refractivity contribution >= 4 is 16.1 Å². The van der Waals surface area contributed by atoms with Crippen LogP contribution in [0.15, 0.2) is 71.6 Å². The topological polar surface area (TPSA) is 95.9 Å². The molecule has 0 aromatic heterocycles. The molecule has 0 unspecified atom stereocenters. The molecule has 9 heteroatoms. The van der Waals surface area contributed by atoms with Crippen molar-refractivity contribution in [2.75, 3.05) is 13.1 Å². The first-order chi connectivity index (χ1) is 15.8. The number of carbonyl (C=O) groups excluding carboxylic acids is 1. The lowest BCUT2D eigenvalue weighted by Gasteiger charge is -2.30. The first-order valence-corrected chi connectivity index (χ1v) is 12.3. The fourth-order valence-electron chi connectivity index (χ4n) is 3.25. The SMILES string of the molecule is C=C(C)CN(C[C@@H](O)[C@H](Cc1ccccc1)NC(=O)OC(C)(C)C)S(=O)(=O)c1ccc(F)cc1. The number of ether oxygens (including phenoxy) is 1. The molecule has 2 N–H and O–H groups in total. The molecule has 2 aromatic rings. The minimum Gasteiger partial charge on any atom is -0.444 e. The van der Waals surface area contributed by atoms with Gasteiger partial charge in [0.25, 0.3) is 0 Å². The predicted molar refractivity (Wildman–Crippen MR) is 129 cm³/mol. The molecule has 0 saturated heterocycles. The number of carbonyl (C=O) groups is 1. The third kappa shape index (κ3) is 8.55. The summed E-state index contributed by atoms with van der Waals surface area (Å²) in [5, 5.41) is 13.8. The zero-order valence-electron chi connectivity index (χ0n) is 20.0. The molecule has 0 fully saturated rings. The van der Waals surface area contributed by atoms with Gasteiger partial charge in [-0.1, -0.05) is 42.5 Å². The number of benzene rings is 2. The van der Waals surface area contributed by atoms with Gasteiger partial charge in [-0.05, 0) is 63.9 Å². The van der Waals surface area contributed by atoms with Gasteiger partial charge in [0, 0.05) is 13.1 Å². The number of aliphatic hydroxyl groups excluding tert-OH is 1. The van der Waals surface area contributed by atoms with E-state index in [1.807, 2.05) is 30.3 Å². The Bertz CT molecular complexity index is 1070. The lowest BCUT2D eigenvalue weighted by Crippen LogP contribution is -2.51. The van der Waals surface area contributed by atoms with Crippen molar-refractivity contribution in [3.05, 3.63) is 78.1 Å². The van der Waals surface area contributed by atoms with E-state index >= 15 is 0 Å². The van der Waals surface area contributed by atoms with E-state index in [4.69, 9.17) is 4.74 Å². The normalized spacial score (nSPS) is 13.9. The lowest BCUT2D eigenvalue weighted by atomic mass is 10.0. The van der Waals surface area contributed by atoms with Crippen LogP contribution in [0.3, 0.4) is 0 Å². The number of rotatable bonds is 10. The van der Waals surface area contributed by atoms with Crippen LogP contribution < -0.4 is 5.32 Å². The molecule has 2 rings (SSSR count). The second-order valence-corrected chi connectivity index (χ2v) is 11.2. The summed E-state index contributed by atoms with van der Waals surface area (Å²) in [5.74, 6) is -0.560. The smallest absolute Gasteiger partial charge is 0.407 e. The molecule has 0 heterocycles. The molecule has 0 radical (unpaired) electrons. The van der Waals surface area contributed by atoms with Crippen molar-refractivity contribution in [3.8, 4) is 0 Å². The van der Waals surface area contributed by atoms with Crippen LogP contribution in [-0.2, 0) is 21.2 Å². The molecule has 0 aliphatic carbocycles. The summed E-state index contributed by atoms with van der Waals surface area (Å²) in [6, 6.07) is 12.8. The van der Waals surface area contributed by atoms with Crippen molar-refractivity contribution in [3.63, 3.8) is 0 Å². The Kier molecular flexibility index (Phi) is 9.37. The molecular weight excluding hydrogens is 459 g/mol. The summed E-state index contributed by atoms with van der Waals surface area (Å²) < 4.78 is 46.2. The van der Waals surface area contributed by atoms with E-state index in [0.717, 1.165) is 22.0 Å². The third-order valence-electron chi connectivity index (χ3n) is 4.75. The fourth-order valence-corrected chi connectivity index (χ4v) is 4.77. The van der Waals surface area contributed by atoms with Crippen LogP contribution in [0.2, 0.25) is 0 Å². The molecule has 186 valence electrons. The maximum atomic E-state index is 13.3. The number of aliphatic hydroxyl groups is 1. The number of hydrogen-bond donors (Lipinski definition) is 2. The number of alkyl carbamates (subject to hydrolysis) is 1. The Labute approximate surface area is 201 Å². The molecule has 2 atom stereocenters. The van der Waals surface area contributed by atoms with E-state index < -0.39 is 39.7 Å². The Morgan fingerprint density at radius 1 is 1.15 bits per heavy atom. The van der Waals surface area contributed by atoms with Crippen molar-refractivity contribution in [1.82, 2.24) is 9.62 Å². The second kappa shape index (κ2) is 11.6. The van der Waals surface area contributed by atoms with Crippen LogP contribution in [0.4, 0.5) is 9.18 Å². The second-order valence-electron chi connectivity index (χ2n) is 9.22. The van der Waals surface area contributed by atoms with Crippen LogP contribution >= 0.6 is 0 Å². The van der Waals surface area contributed by atoms with Gasteiger partial charge in [-0.15, -0.1) is 0 Å². The van der Waals surface area contributed by atoms with E-state index in [9.17, 15) is 22.7 Å². The van der Waals surface area contributed by atoms with E-state index in [1.165, 1.54) is 12.1 Å². The van der Waals surface area contributed by atoms with Crippen LogP contribution in [0.1, 0.15) is 33.3 Å². The highest BCUT2D eigenvalue weighted by Crippen LogP contribution is 2.19. The molecule has 0 bridgehead atoms. The molecule has 1 amide bonds. The zero-order valence-corrected chi connectivity index (χ0v) is 20.8. The quantitative estimate of drug-likeness (QED) is 0.491. The van der Waals surface area contributed by atoms with Crippen LogP contribution in [0.25, 0.3) is 0 Å². The van der Waals surface area contributed by atoms with E-state index in [0.29, 0.717) is 5.57 Å². The number of hydrogen-bond acceptors (Lipinski definition) is 5. The summed E-state index contributed by atoms with van der Waals surface area (Å²) in [7, 11) is -4.07. The van der Waals surface area contributed by atoms with Crippen LogP contribution in [0.5, 0.6) is 0 Å². The Morgan fingerprint density at radius 2 is 1.74 bits per heavy atom. The van der Waals surface area contributed by atoms with E-state index in [1.54, 1.807) is 27.7 Å². The first kappa shape index (κ1) is 27.5. The summed E-state index contributed by atoms with van der Waals surface area (Å²) in [5.41, 5.74) is 0.651. The summed E-state index contributed by atoms with van der Waals surface area (Å²) >= 11 is 0. The number of halogens is 1. The van der Waals surface area contributed by atoms with Gasteiger partial charge >= 0.3 is 6.09 Å². The number of amides is 1. The van der Waals surface area contributed by atoms with Crippen molar-refractivity contribution in [2.24, 2.45) is 0 Å². The van der Waals surface area contributed by atoms with Gasteiger partial charge in [0.2, 0.25) is 10.0 Å². The summed E-state index contributed by atoms with van der Waals surface area (Å²) in [4.78, 5) is 12.3. The van der Waals surface area contributed by atoms with Crippen molar-refractivity contribution in [1.29, 1.82) is 0 Å². The Morgan fingerprint density at radius 3 is 2.26 bits per heavy atom. The average Bonchev–Trinajstić information content (AvgIpc) is 2.72.